The van der Waals surface area contributed by atoms with Gasteiger partial charge >= 0.3 is 227 Å². The van der Waals surface area contributed by atoms with Crippen LogP contribution in [-0.4, -0.2) is 64.1 Å². The van der Waals surface area contributed by atoms with Crippen LogP contribution >= 0.6 is 0 Å². The fourth-order valence-electron chi connectivity index (χ4n) is 5.14. The minimum absolute atomic E-state index is 0.0761. The third kappa shape index (κ3) is 7.79. The number of hydrogen-bond acceptors (Lipinski definition) is 3. The molecule has 0 saturated heterocycles. The van der Waals surface area contributed by atoms with Crippen molar-refractivity contribution in [2.75, 3.05) is 13.6 Å². The number of nitrogens with zero attached hydrogens (tertiary/aromatic N) is 4. The first-order valence-corrected chi connectivity index (χ1v) is 21.2. The molecular weight excluding hydrogens is 571 g/mol. The van der Waals surface area contributed by atoms with E-state index in [2.05, 4.69) is 72.9 Å². The molecule has 8 heteroatoms. The van der Waals surface area contributed by atoms with Crippen LogP contribution < -0.4 is 8.15 Å². The maximum absolute atomic E-state index is 12.7. The van der Waals surface area contributed by atoms with Crippen LogP contribution in [0, 0.1) is 0 Å². The van der Waals surface area contributed by atoms with Crippen molar-refractivity contribution in [1.29, 1.82) is 0 Å². The Bertz CT molecular complexity index is 1070. The quantitative estimate of drug-likeness (QED) is 0.175. The summed E-state index contributed by atoms with van der Waals surface area (Å²) >= 11 is -2.74. The van der Waals surface area contributed by atoms with E-state index >= 15 is 0 Å². The second-order valence-electron chi connectivity index (χ2n) is 10.3. The van der Waals surface area contributed by atoms with Crippen LogP contribution in [0.3, 0.4) is 0 Å². The maximum atomic E-state index is 12.7. The number of amides is 3. The molecule has 0 saturated carbocycles. The van der Waals surface area contributed by atoms with E-state index in [1.807, 2.05) is 0 Å². The molecular formula is C29H43N4O3Sn+. The second-order valence-corrected chi connectivity index (χ2v) is 23.0. The number of imidazole rings is 1. The molecule has 0 radical (unpaired) electrons. The summed E-state index contributed by atoms with van der Waals surface area (Å²) in [6.07, 6.45) is 14.3. The average molecular weight is 614 g/mol. The van der Waals surface area contributed by atoms with Crippen molar-refractivity contribution in [3.05, 3.63) is 60.7 Å². The van der Waals surface area contributed by atoms with Crippen LogP contribution in [-0.2, 0) is 32.0 Å². The third-order valence-corrected chi connectivity index (χ3v) is 22.2. The number of unbranched alkanes of at least 4 members (excludes halogenated alkanes) is 2. The Hall–Kier alpha value is -2.42. The molecule has 200 valence electrons. The average Bonchev–Trinajstić information content (AvgIpc) is 3.49. The van der Waals surface area contributed by atoms with Gasteiger partial charge in [0.25, 0.3) is 0 Å². The topological polar surface area (TPSA) is 66.5 Å². The molecule has 3 rings (SSSR count). The molecule has 7 nitrogen and oxygen atoms in total. The predicted molar refractivity (Wildman–Crippen MR) is 149 cm³/mol. The fraction of sp³-hybridized carbons (Fsp3) is 0.517. The van der Waals surface area contributed by atoms with Gasteiger partial charge in [-0.05, 0) is 0 Å². The van der Waals surface area contributed by atoms with Crippen LogP contribution in [0.25, 0.3) is 0 Å². The summed E-state index contributed by atoms with van der Waals surface area (Å²) in [6, 6.07) is 9.09. The zero-order valence-electron chi connectivity index (χ0n) is 23.0. The van der Waals surface area contributed by atoms with Gasteiger partial charge in [-0.25, -0.2) is 0 Å². The number of carbonyl (C=O) groups is 3. The molecule has 1 aromatic carbocycles. The van der Waals surface area contributed by atoms with Crippen molar-refractivity contribution < 1.29 is 19.0 Å². The van der Waals surface area contributed by atoms with Gasteiger partial charge in [0, 0.05) is 0 Å². The van der Waals surface area contributed by atoms with Crippen molar-refractivity contribution in [2.45, 2.75) is 79.4 Å². The first-order chi connectivity index (χ1) is 17.8. The van der Waals surface area contributed by atoms with Gasteiger partial charge in [0.15, 0.2) is 0 Å². The normalized spacial score (nSPS) is 13.6. The van der Waals surface area contributed by atoms with Crippen LogP contribution in [0.1, 0.15) is 58.4 Å². The van der Waals surface area contributed by atoms with E-state index in [-0.39, 0.29) is 30.7 Å². The summed E-state index contributed by atoms with van der Waals surface area (Å²) < 4.78 is 10.1. The molecule has 0 fully saturated rings. The van der Waals surface area contributed by atoms with Crippen molar-refractivity contribution >= 4 is 39.7 Å². The van der Waals surface area contributed by atoms with Gasteiger partial charge in [0.1, 0.15) is 0 Å². The Kier molecular flexibility index (Phi) is 11.0. The minimum atomic E-state index is -2.74. The summed E-state index contributed by atoms with van der Waals surface area (Å²) in [7, 11) is 1.78. The molecule has 0 spiro atoms. The number of carbonyl (C=O) groups excluding carboxylic acids is 3. The van der Waals surface area contributed by atoms with Crippen LogP contribution in [0.2, 0.25) is 8.87 Å². The van der Waals surface area contributed by atoms with E-state index in [1.165, 1.54) is 51.3 Å². The number of rotatable bonds is 15. The van der Waals surface area contributed by atoms with E-state index < -0.39 is 18.4 Å². The molecule has 0 atom stereocenters. The van der Waals surface area contributed by atoms with E-state index in [4.69, 9.17) is 0 Å². The summed E-state index contributed by atoms with van der Waals surface area (Å²) in [5.74, 6) is -0.768. The molecule has 2 heterocycles. The first-order valence-electron chi connectivity index (χ1n) is 13.7. The number of benzene rings is 1. The molecule has 0 bridgehead atoms. The number of aryl methyl sites for hydroxylation is 1. The monoisotopic (exact) mass is 615 g/mol. The zero-order chi connectivity index (χ0) is 26.8. The van der Waals surface area contributed by atoms with E-state index in [0.717, 1.165) is 17.0 Å². The number of hydrogen-bond donors (Lipinski definition) is 0. The third-order valence-electron chi connectivity index (χ3n) is 7.48. The van der Waals surface area contributed by atoms with E-state index in [9.17, 15) is 14.4 Å². The fourth-order valence-corrected chi connectivity index (χ4v) is 19.8. The zero-order valence-corrected chi connectivity index (χ0v) is 25.8. The van der Waals surface area contributed by atoms with Gasteiger partial charge in [-0.3, -0.25) is 0 Å². The molecule has 2 aromatic rings. The summed E-state index contributed by atoms with van der Waals surface area (Å²) in [6.45, 7) is 8.38. The molecule has 1 aliphatic rings. The van der Waals surface area contributed by atoms with Gasteiger partial charge in [0.05, 0.1) is 0 Å². The Labute approximate surface area is 226 Å². The van der Waals surface area contributed by atoms with Gasteiger partial charge in [-0.15, -0.1) is 0 Å². The number of imide groups is 1. The van der Waals surface area contributed by atoms with Crippen molar-refractivity contribution in [1.82, 2.24) is 14.4 Å². The predicted octanol–water partition coefficient (Wildman–Crippen LogP) is 3.56. The SMILES string of the molecule is CCC[CH2][Sn]([CH2]CCC)([CH2][n+]1ccn(CC)c1)[c]1ccc(CN(C)C(=O)CCN2C(=O)C=CC2=O)cc1. The van der Waals surface area contributed by atoms with Crippen LogP contribution in [0.15, 0.2) is 55.1 Å². The molecule has 37 heavy (non-hydrogen) atoms. The number of aromatic nitrogens is 2. The molecule has 0 N–H and O–H groups in total. The summed E-state index contributed by atoms with van der Waals surface area (Å²) in [5.41, 5.74) is 1.10. The van der Waals surface area contributed by atoms with Crippen LogP contribution in [0.4, 0.5) is 0 Å². The van der Waals surface area contributed by atoms with E-state index in [0.29, 0.717) is 6.54 Å². The van der Waals surface area contributed by atoms with E-state index in [1.54, 1.807) is 15.5 Å². The Morgan fingerprint density at radius 1 is 0.973 bits per heavy atom. The summed E-state index contributed by atoms with van der Waals surface area (Å²) in [4.78, 5) is 38.9. The molecule has 0 aliphatic carbocycles. The Morgan fingerprint density at radius 3 is 2.14 bits per heavy atom. The molecule has 0 unspecified atom stereocenters. The van der Waals surface area contributed by atoms with Crippen LogP contribution in [0.5, 0.6) is 0 Å². The van der Waals surface area contributed by atoms with Gasteiger partial charge < -0.3 is 0 Å². The Morgan fingerprint density at radius 2 is 1.59 bits per heavy atom. The second kappa shape index (κ2) is 13.9. The molecule has 1 aliphatic heterocycles. The summed E-state index contributed by atoms with van der Waals surface area (Å²) in [5, 5.41) is 0. The Balaban J connectivity index is 1.71. The first kappa shape index (κ1) is 29.1. The molecule has 3 amide bonds. The van der Waals surface area contributed by atoms with Gasteiger partial charge in [-0.2, -0.15) is 0 Å². The standard InChI is InChI=1S/C15H15N2O3.C6H10N2.2C4H9.Sn/c1-16(11-12-5-3-2-4-6-12)13(18)9-10-17-14(19)7-8-15(17)20;1-3-8-5-4-7(2)6-8;2*1-3-4-2;/h3-8H,9-11H2,1H3;4-6H,2-3H2,1H3;2*1,3-4H2,2H3;/q;+1;;;. The van der Waals surface area contributed by atoms with Crippen molar-refractivity contribution in [2.24, 2.45) is 0 Å². The van der Waals surface area contributed by atoms with Gasteiger partial charge in [0.2, 0.25) is 0 Å². The van der Waals surface area contributed by atoms with Crippen molar-refractivity contribution in [3.8, 4) is 0 Å². The van der Waals surface area contributed by atoms with Crippen molar-refractivity contribution in [3.63, 3.8) is 0 Å². The molecule has 1 aromatic heterocycles. The van der Waals surface area contributed by atoms with Gasteiger partial charge in [-0.1, -0.05) is 0 Å².